The Balaban J connectivity index is 3.00. The first-order valence-corrected chi connectivity index (χ1v) is 5.76. The summed E-state index contributed by atoms with van der Waals surface area (Å²) >= 11 is 0. The van der Waals surface area contributed by atoms with Gasteiger partial charge in [0.2, 0.25) is 5.91 Å². The third-order valence-electron chi connectivity index (χ3n) is 2.30. The van der Waals surface area contributed by atoms with Crippen LogP contribution in [-0.2, 0) is 4.79 Å². The van der Waals surface area contributed by atoms with Crippen molar-refractivity contribution in [2.24, 2.45) is 5.92 Å². The Morgan fingerprint density at radius 3 is 2.56 bits per heavy atom. The quantitative estimate of drug-likeness (QED) is 0.842. The minimum atomic E-state index is -1.08. The molecular weight excluding hydrogens is 234 g/mol. The number of nitrogens with one attached hydrogen (secondary N) is 1. The zero-order valence-electron chi connectivity index (χ0n) is 10.7. The summed E-state index contributed by atoms with van der Waals surface area (Å²) in [6.45, 7) is 5.70. The molecule has 1 amide bonds. The van der Waals surface area contributed by atoms with Crippen molar-refractivity contribution >= 4 is 17.6 Å². The van der Waals surface area contributed by atoms with E-state index in [0.717, 1.165) is 0 Å². The lowest BCUT2D eigenvalue weighted by atomic mass is 10.1. The van der Waals surface area contributed by atoms with E-state index in [1.165, 1.54) is 6.07 Å². The molecule has 0 bridgehead atoms. The van der Waals surface area contributed by atoms with E-state index >= 15 is 0 Å². The van der Waals surface area contributed by atoms with Gasteiger partial charge in [-0.05, 0) is 25.1 Å². The van der Waals surface area contributed by atoms with Crippen LogP contribution in [0, 0.1) is 5.92 Å². The highest BCUT2D eigenvalue weighted by atomic mass is 16.5. The Morgan fingerprint density at radius 2 is 2.06 bits per heavy atom. The van der Waals surface area contributed by atoms with Crippen LogP contribution in [-0.4, -0.2) is 23.6 Å². The van der Waals surface area contributed by atoms with E-state index < -0.39 is 5.97 Å². The predicted molar refractivity (Wildman–Crippen MR) is 68.0 cm³/mol. The van der Waals surface area contributed by atoms with E-state index in [4.69, 9.17) is 9.84 Å². The van der Waals surface area contributed by atoms with Crippen molar-refractivity contribution in [1.82, 2.24) is 0 Å². The summed E-state index contributed by atoms with van der Waals surface area (Å²) < 4.78 is 5.21. The molecule has 2 N–H and O–H groups in total. The average Bonchev–Trinajstić information content (AvgIpc) is 2.30. The Kier molecular flexibility index (Phi) is 4.71. The van der Waals surface area contributed by atoms with Crippen molar-refractivity contribution in [2.75, 3.05) is 11.9 Å². The zero-order valence-corrected chi connectivity index (χ0v) is 10.7. The van der Waals surface area contributed by atoms with Crippen LogP contribution in [0.5, 0.6) is 5.75 Å². The first kappa shape index (κ1) is 14.0. The highest BCUT2D eigenvalue weighted by Crippen LogP contribution is 2.23. The lowest BCUT2D eigenvalue weighted by molar-refractivity contribution is -0.118. The minimum absolute atomic E-state index is 0.0402. The standard InChI is InChI=1S/C13H17NO4/c1-4-18-11-6-5-9(7-10(11)13(16)17)14-12(15)8(2)3/h5-8H,4H2,1-3H3,(H,14,15)(H,16,17). The van der Waals surface area contributed by atoms with Crippen molar-refractivity contribution in [3.8, 4) is 5.75 Å². The Bertz CT molecular complexity index is 454. The van der Waals surface area contributed by atoms with Gasteiger partial charge in [0, 0.05) is 11.6 Å². The summed E-state index contributed by atoms with van der Waals surface area (Å²) in [5, 5.41) is 11.7. The summed E-state index contributed by atoms with van der Waals surface area (Å²) in [7, 11) is 0. The summed E-state index contributed by atoms with van der Waals surface area (Å²) in [5.74, 6) is -1.10. The Morgan fingerprint density at radius 1 is 1.39 bits per heavy atom. The van der Waals surface area contributed by atoms with Gasteiger partial charge in [-0.3, -0.25) is 4.79 Å². The third kappa shape index (κ3) is 3.48. The van der Waals surface area contributed by atoms with Gasteiger partial charge in [0.1, 0.15) is 11.3 Å². The minimum Gasteiger partial charge on any atom is -0.493 e. The molecule has 0 saturated carbocycles. The van der Waals surface area contributed by atoms with Crippen LogP contribution in [0.15, 0.2) is 18.2 Å². The normalized spacial score (nSPS) is 10.2. The van der Waals surface area contributed by atoms with Crippen LogP contribution in [0.3, 0.4) is 0 Å². The van der Waals surface area contributed by atoms with Crippen LogP contribution in [0.25, 0.3) is 0 Å². The molecule has 0 heterocycles. The monoisotopic (exact) mass is 251 g/mol. The molecule has 0 radical (unpaired) electrons. The number of amides is 1. The first-order valence-electron chi connectivity index (χ1n) is 5.76. The summed E-state index contributed by atoms with van der Waals surface area (Å²) in [6.07, 6.45) is 0. The van der Waals surface area contributed by atoms with Crippen molar-refractivity contribution in [3.63, 3.8) is 0 Å². The second-order valence-electron chi connectivity index (χ2n) is 4.09. The molecule has 0 aliphatic carbocycles. The van der Waals surface area contributed by atoms with Gasteiger partial charge in [-0.25, -0.2) is 4.79 Å². The van der Waals surface area contributed by atoms with Gasteiger partial charge in [-0.15, -0.1) is 0 Å². The van der Waals surface area contributed by atoms with Gasteiger partial charge < -0.3 is 15.2 Å². The average molecular weight is 251 g/mol. The van der Waals surface area contributed by atoms with E-state index in [1.807, 2.05) is 0 Å². The second kappa shape index (κ2) is 6.05. The molecule has 5 heteroatoms. The van der Waals surface area contributed by atoms with Crippen molar-refractivity contribution in [1.29, 1.82) is 0 Å². The van der Waals surface area contributed by atoms with E-state index in [1.54, 1.807) is 32.9 Å². The lowest BCUT2D eigenvalue weighted by Gasteiger charge is -2.11. The number of carbonyl (C=O) groups is 2. The summed E-state index contributed by atoms with van der Waals surface area (Å²) in [5.41, 5.74) is 0.493. The Labute approximate surface area is 106 Å². The van der Waals surface area contributed by atoms with E-state index in [-0.39, 0.29) is 17.4 Å². The number of carbonyl (C=O) groups excluding carboxylic acids is 1. The van der Waals surface area contributed by atoms with Crippen LogP contribution in [0.1, 0.15) is 31.1 Å². The Hall–Kier alpha value is -2.04. The molecule has 0 fully saturated rings. The maximum absolute atomic E-state index is 11.5. The molecule has 1 aromatic rings. The van der Waals surface area contributed by atoms with E-state index in [0.29, 0.717) is 18.0 Å². The number of benzene rings is 1. The zero-order chi connectivity index (χ0) is 13.7. The van der Waals surface area contributed by atoms with E-state index in [9.17, 15) is 9.59 Å². The molecule has 1 rings (SSSR count). The highest BCUT2D eigenvalue weighted by Gasteiger charge is 2.14. The fraction of sp³-hybridized carbons (Fsp3) is 0.385. The number of carboxylic acids is 1. The molecule has 0 aliphatic heterocycles. The number of ether oxygens (including phenoxy) is 1. The van der Waals surface area contributed by atoms with Gasteiger partial charge in [-0.1, -0.05) is 13.8 Å². The highest BCUT2D eigenvalue weighted by molar-refractivity contribution is 5.96. The number of aromatic carboxylic acids is 1. The van der Waals surface area contributed by atoms with Gasteiger partial charge in [0.25, 0.3) is 0 Å². The largest absolute Gasteiger partial charge is 0.493 e. The third-order valence-corrected chi connectivity index (χ3v) is 2.30. The summed E-state index contributed by atoms with van der Waals surface area (Å²) in [4.78, 5) is 22.6. The van der Waals surface area contributed by atoms with Crippen molar-refractivity contribution < 1.29 is 19.4 Å². The maximum atomic E-state index is 11.5. The molecule has 0 saturated heterocycles. The van der Waals surface area contributed by atoms with Gasteiger partial charge in [0.05, 0.1) is 6.61 Å². The smallest absolute Gasteiger partial charge is 0.339 e. The number of rotatable bonds is 5. The molecule has 0 unspecified atom stereocenters. The molecule has 18 heavy (non-hydrogen) atoms. The molecule has 0 spiro atoms. The SMILES string of the molecule is CCOc1ccc(NC(=O)C(C)C)cc1C(=O)O. The fourth-order valence-corrected chi connectivity index (χ4v) is 1.34. The molecule has 5 nitrogen and oxygen atoms in total. The van der Waals surface area contributed by atoms with Crippen LogP contribution in [0.2, 0.25) is 0 Å². The predicted octanol–water partition coefficient (Wildman–Crippen LogP) is 2.38. The number of hydrogen-bond acceptors (Lipinski definition) is 3. The van der Waals surface area contributed by atoms with Gasteiger partial charge in [0.15, 0.2) is 0 Å². The number of hydrogen-bond donors (Lipinski definition) is 2. The second-order valence-corrected chi connectivity index (χ2v) is 4.09. The van der Waals surface area contributed by atoms with Crippen LogP contribution in [0.4, 0.5) is 5.69 Å². The number of anilines is 1. The molecule has 0 atom stereocenters. The maximum Gasteiger partial charge on any atom is 0.339 e. The molecule has 0 aromatic heterocycles. The molecular formula is C13H17NO4. The van der Waals surface area contributed by atoms with E-state index in [2.05, 4.69) is 5.32 Å². The van der Waals surface area contributed by atoms with Crippen LogP contribution < -0.4 is 10.1 Å². The first-order chi connectivity index (χ1) is 8.45. The van der Waals surface area contributed by atoms with Crippen LogP contribution >= 0.6 is 0 Å². The van der Waals surface area contributed by atoms with Gasteiger partial charge >= 0.3 is 5.97 Å². The molecule has 1 aromatic carbocycles. The lowest BCUT2D eigenvalue weighted by Crippen LogP contribution is -2.18. The van der Waals surface area contributed by atoms with Gasteiger partial charge in [-0.2, -0.15) is 0 Å². The van der Waals surface area contributed by atoms with Crippen molar-refractivity contribution in [2.45, 2.75) is 20.8 Å². The summed E-state index contributed by atoms with van der Waals surface area (Å²) in [6, 6.07) is 4.56. The molecule has 0 aliphatic rings. The number of carboxylic acid groups (broad SMARTS) is 1. The topological polar surface area (TPSA) is 75.6 Å². The van der Waals surface area contributed by atoms with Crippen molar-refractivity contribution in [3.05, 3.63) is 23.8 Å². The molecule has 98 valence electrons. The fourth-order valence-electron chi connectivity index (χ4n) is 1.34.